The van der Waals surface area contributed by atoms with E-state index in [1.807, 2.05) is 18.2 Å². The molecule has 102 valence electrons. The highest BCUT2D eigenvalue weighted by molar-refractivity contribution is 7.16. The Kier molecular flexibility index (Phi) is 6.37. The lowest BCUT2D eigenvalue weighted by Gasteiger charge is -2.05. The summed E-state index contributed by atoms with van der Waals surface area (Å²) in [6, 6.07) is 14.3. The van der Waals surface area contributed by atoms with Crippen LogP contribution in [0.3, 0.4) is 0 Å². The summed E-state index contributed by atoms with van der Waals surface area (Å²) in [7, 11) is 0. The van der Waals surface area contributed by atoms with Gasteiger partial charge in [-0.05, 0) is 30.7 Å². The molecule has 0 saturated heterocycles. The van der Waals surface area contributed by atoms with Crippen LogP contribution in [0, 0.1) is 0 Å². The second-order valence-corrected chi connectivity index (χ2v) is 6.07. The summed E-state index contributed by atoms with van der Waals surface area (Å²) in [6.45, 7) is 3.33. The van der Waals surface area contributed by atoms with E-state index < -0.39 is 0 Å². The largest absolute Gasteiger partial charge is 0.376 e. The zero-order valence-corrected chi connectivity index (χ0v) is 12.3. The minimum Gasteiger partial charge on any atom is -0.376 e. The molecule has 4 heteroatoms. The lowest BCUT2D eigenvalue weighted by atomic mass is 10.2. The maximum Gasteiger partial charge on any atom is 0.0932 e. The summed E-state index contributed by atoms with van der Waals surface area (Å²) in [5.74, 6) is 0. The average molecular weight is 296 g/mol. The van der Waals surface area contributed by atoms with E-state index in [4.69, 9.17) is 16.3 Å². The Hall–Kier alpha value is -0.870. The third-order valence-corrected chi connectivity index (χ3v) is 3.89. The minimum atomic E-state index is 0.663. The number of nitrogens with one attached hydrogen (secondary N) is 1. The molecule has 0 aliphatic heterocycles. The molecule has 1 heterocycles. The number of ether oxygens (including phenoxy) is 1. The van der Waals surface area contributed by atoms with Gasteiger partial charge in [-0.3, -0.25) is 0 Å². The number of hydrogen-bond donors (Lipinski definition) is 1. The average Bonchev–Trinajstić information content (AvgIpc) is 2.85. The normalized spacial score (nSPS) is 10.8. The van der Waals surface area contributed by atoms with Crippen molar-refractivity contribution in [3.8, 4) is 0 Å². The Labute approximate surface area is 123 Å². The topological polar surface area (TPSA) is 21.3 Å². The standard InChI is InChI=1S/C15H18ClNOS/c16-15-8-7-14(19-15)12-18-10-4-9-17-11-13-5-2-1-3-6-13/h1-3,5-8,17H,4,9-12H2. The monoisotopic (exact) mass is 295 g/mol. The van der Waals surface area contributed by atoms with Crippen LogP contribution in [0.1, 0.15) is 16.9 Å². The summed E-state index contributed by atoms with van der Waals surface area (Å²) in [6.07, 6.45) is 1.02. The van der Waals surface area contributed by atoms with Crippen molar-refractivity contribution in [2.45, 2.75) is 19.6 Å². The SMILES string of the molecule is Clc1ccc(COCCCNCc2ccccc2)s1. The minimum absolute atomic E-state index is 0.663. The first-order valence-electron chi connectivity index (χ1n) is 6.41. The highest BCUT2D eigenvalue weighted by Crippen LogP contribution is 2.21. The number of rotatable bonds is 8. The Morgan fingerprint density at radius 2 is 1.95 bits per heavy atom. The van der Waals surface area contributed by atoms with Crippen molar-refractivity contribution in [3.63, 3.8) is 0 Å². The summed E-state index contributed by atoms with van der Waals surface area (Å²) in [5, 5.41) is 3.41. The number of benzene rings is 1. The molecule has 0 spiro atoms. The van der Waals surface area contributed by atoms with Crippen molar-refractivity contribution in [1.82, 2.24) is 5.32 Å². The molecular weight excluding hydrogens is 278 g/mol. The van der Waals surface area contributed by atoms with E-state index in [-0.39, 0.29) is 0 Å². The van der Waals surface area contributed by atoms with Gasteiger partial charge in [0, 0.05) is 18.0 Å². The summed E-state index contributed by atoms with van der Waals surface area (Å²) >= 11 is 7.43. The van der Waals surface area contributed by atoms with Gasteiger partial charge in [-0.2, -0.15) is 0 Å². The molecule has 0 aliphatic carbocycles. The number of thiophene rings is 1. The lowest BCUT2D eigenvalue weighted by molar-refractivity contribution is 0.120. The van der Waals surface area contributed by atoms with E-state index in [1.54, 1.807) is 11.3 Å². The van der Waals surface area contributed by atoms with E-state index in [9.17, 15) is 0 Å². The van der Waals surface area contributed by atoms with E-state index in [2.05, 4.69) is 29.6 Å². The quantitative estimate of drug-likeness (QED) is 0.740. The van der Waals surface area contributed by atoms with E-state index in [0.717, 1.165) is 30.5 Å². The van der Waals surface area contributed by atoms with Crippen LogP contribution in [-0.4, -0.2) is 13.2 Å². The van der Waals surface area contributed by atoms with Crippen LogP contribution >= 0.6 is 22.9 Å². The fourth-order valence-corrected chi connectivity index (χ4v) is 2.76. The second-order valence-electron chi connectivity index (χ2n) is 4.27. The Bertz CT molecular complexity index is 472. The van der Waals surface area contributed by atoms with Crippen molar-refractivity contribution in [2.24, 2.45) is 0 Å². The Morgan fingerprint density at radius 3 is 2.68 bits per heavy atom. The predicted molar refractivity (Wildman–Crippen MR) is 81.8 cm³/mol. The number of hydrogen-bond acceptors (Lipinski definition) is 3. The highest BCUT2D eigenvalue weighted by Gasteiger charge is 1.97. The molecule has 1 aromatic carbocycles. The van der Waals surface area contributed by atoms with Crippen molar-refractivity contribution >= 4 is 22.9 Å². The van der Waals surface area contributed by atoms with E-state index in [1.165, 1.54) is 10.4 Å². The molecule has 0 atom stereocenters. The van der Waals surface area contributed by atoms with Crippen molar-refractivity contribution in [3.05, 3.63) is 57.2 Å². The lowest BCUT2D eigenvalue weighted by Crippen LogP contribution is -2.16. The fourth-order valence-electron chi connectivity index (χ4n) is 1.73. The molecular formula is C15H18ClNOS. The summed E-state index contributed by atoms with van der Waals surface area (Å²) < 4.78 is 6.42. The van der Waals surface area contributed by atoms with Crippen molar-refractivity contribution < 1.29 is 4.74 Å². The molecule has 2 rings (SSSR count). The van der Waals surface area contributed by atoms with Crippen LogP contribution in [0.4, 0.5) is 0 Å². The van der Waals surface area contributed by atoms with Gasteiger partial charge in [0.05, 0.1) is 10.9 Å². The fraction of sp³-hybridized carbons (Fsp3) is 0.333. The molecule has 0 bridgehead atoms. The van der Waals surface area contributed by atoms with E-state index >= 15 is 0 Å². The summed E-state index contributed by atoms with van der Waals surface area (Å²) in [5.41, 5.74) is 1.32. The maximum atomic E-state index is 5.85. The van der Waals surface area contributed by atoms with Gasteiger partial charge < -0.3 is 10.1 Å². The van der Waals surface area contributed by atoms with Crippen molar-refractivity contribution in [2.75, 3.05) is 13.2 Å². The second kappa shape index (κ2) is 8.33. The first-order chi connectivity index (χ1) is 9.34. The maximum absolute atomic E-state index is 5.85. The van der Waals surface area contributed by atoms with Gasteiger partial charge in [0.25, 0.3) is 0 Å². The summed E-state index contributed by atoms with van der Waals surface area (Å²) in [4.78, 5) is 1.18. The molecule has 19 heavy (non-hydrogen) atoms. The van der Waals surface area contributed by atoms with Gasteiger partial charge in [0.15, 0.2) is 0 Å². The molecule has 2 aromatic rings. The molecule has 0 saturated carbocycles. The number of halogens is 1. The van der Waals surface area contributed by atoms with Crippen LogP contribution < -0.4 is 5.32 Å². The van der Waals surface area contributed by atoms with E-state index in [0.29, 0.717) is 6.61 Å². The molecule has 0 radical (unpaired) electrons. The first-order valence-corrected chi connectivity index (χ1v) is 7.60. The van der Waals surface area contributed by atoms with Gasteiger partial charge in [-0.1, -0.05) is 41.9 Å². The molecule has 1 aromatic heterocycles. The van der Waals surface area contributed by atoms with Gasteiger partial charge in [-0.25, -0.2) is 0 Å². The smallest absolute Gasteiger partial charge is 0.0932 e. The Balaban J connectivity index is 1.48. The van der Waals surface area contributed by atoms with Crippen LogP contribution in [0.2, 0.25) is 4.34 Å². The molecule has 2 nitrogen and oxygen atoms in total. The predicted octanol–water partition coefficient (Wildman–Crippen LogP) is 4.10. The molecule has 0 amide bonds. The molecule has 0 fully saturated rings. The first kappa shape index (κ1) is 14.5. The highest BCUT2D eigenvalue weighted by atomic mass is 35.5. The molecule has 0 aliphatic rings. The Morgan fingerprint density at radius 1 is 1.11 bits per heavy atom. The van der Waals surface area contributed by atoms with Gasteiger partial charge in [-0.15, -0.1) is 11.3 Å². The van der Waals surface area contributed by atoms with Gasteiger partial charge in [0.1, 0.15) is 0 Å². The van der Waals surface area contributed by atoms with Crippen LogP contribution in [0.15, 0.2) is 42.5 Å². The van der Waals surface area contributed by atoms with Gasteiger partial charge >= 0.3 is 0 Å². The third-order valence-electron chi connectivity index (χ3n) is 2.69. The zero-order chi connectivity index (χ0) is 13.3. The third kappa shape index (κ3) is 5.74. The van der Waals surface area contributed by atoms with Crippen LogP contribution in [0.5, 0.6) is 0 Å². The molecule has 0 unspecified atom stereocenters. The van der Waals surface area contributed by atoms with Crippen molar-refractivity contribution in [1.29, 1.82) is 0 Å². The molecule has 1 N–H and O–H groups in total. The van der Waals surface area contributed by atoms with Crippen LogP contribution in [0.25, 0.3) is 0 Å². The van der Waals surface area contributed by atoms with Gasteiger partial charge in [0.2, 0.25) is 0 Å². The zero-order valence-electron chi connectivity index (χ0n) is 10.8. The van der Waals surface area contributed by atoms with Crippen LogP contribution in [-0.2, 0) is 17.9 Å².